The summed E-state index contributed by atoms with van der Waals surface area (Å²) in [5.74, 6) is 1.39. The molecule has 1 aromatic heterocycles. The molecule has 0 fully saturated rings. The Hall–Kier alpha value is -3.98. The lowest BCUT2D eigenvalue weighted by molar-refractivity contribution is -0.279. The van der Waals surface area contributed by atoms with Gasteiger partial charge in [0, 0.05) is 31.5 Å². The van der Waals surface area contributed by atoms with Crippen molar-refractivity contribution in [2.45, 2.75) is 58.5 Å². The molecule has 0 bridgehead atoms. The summed E-state index contributed by atoms with van der Waals surface area (Å²) in [6, 6.07) is 16.5. The van der Waals surface area contributed by atoms with Crippen molar-refractivity contribution in [3.8, 4) is 34.5 Å². The first-order valence-electron chi connectivity index (χ1n) is 13.0. The molecule has 3 aliphatic heterocycles. The van der Waals surface area contributed by atoms with Crippen molar-refractivity contribution < 1.29 is 5.11 Å². The summed E-state index contributed by atoms with van der Waals surface area (Å²) in [7, 11) is 0. The summed E-state index contributed by atoms with van der Waals surface area (Å²) in [5.41, 5.74) is 4.27. The lowest BCUT2D eigenvalue weighted by Gasteiger charge is -2.22. The van der Waals surface area contributed by atoms with Gasteiger partial charge in [-0.1, -0.05) is 62.2 Å². The fraction of sp³-hybridized carbons (Fsp3) is 0.321. The number of fused-ring (bicyclic) bond motifs is 6. The summed E-state index contributed by atoms with van der Waals surface area (Å²) >= 11 is 6.02. The molecular weight excluding hydrogens is 502 g/mol. The van der Waals surface area contributed by atoms with Crippen LogP contribution in [-0.2, 0) is 25.9 Å². The first-order valence-corrected chi connectivity index (χ1v) is 13.4. The van der Waals surface area contributed by atoms with Crippen molar-refractivity contribution in [1.82, 2.24) is 33.9 Å². The average Bonchev–Trinajstić information content (AvgIpc) is 3.48. The number of aryl methyl sites for hydroxylation is 1. The maximum absolute atomic E-state index is 13.4. The number of nitrogens with zero attached hydrogens (tertiary/aromatic N) is 7. The molecule has 2 aromatic carbocycles. The van der Waals surface area contributed by atoms with Crippen molar-refractivity contribution in [1.29, 1.82) is 0 Å². The van der Waals surface area contributed by atoms with Crippen LogP contribution in [0.15, 0.2) is 53.3 Å². The van der Waals surface area contributed by atoms with E-state index in [0.717, 1.165) is 48.6 Å². The lowest BCUT2D eigenvalue weighted by Crippen LogP contribution is -2.35. The summed E-state index contributed by atoms with van der Waals surface area (Å²) in [5, 5.41) is 22.2. The Morgan fingerprint density at radius 1 is 0.895 bits per heavy atom. The van der Waals surface area contributed by atoms with Crippen LogP contribution in [0.1, 0.15) is 49.6 Å². The van der Waals surface area contributed by atoms with Gasteiger partial charge >= 0.3 is 5.69 Å². The van der Waals surface area contributed by atoms with E-state index in [1.807, 2.05) is 24.3 Å². The molecule has 0 saturated carbocycles. The van der Waals surface area contributed by atoms with Crippen LogP contribution in [-0.4, -0.2) is 33.9 Å². The van der Waals surface area contributed by atoms with Gasteiger partial charge in [-0.25, -0.2) is 9.78 Å². The number of imidazole rings is 1. The second kappa shape index (κ2) is 10.1. The van der Waals surface area contributed by atoms with E-state index < -0.39 is 5.88 Å². The average molecular weight is 529 g/mol. The maximum Gasteiger partial charge on any atom is 0.329 e. The quantitative estimate of drug-likeness (QED) is 0.216. The lowest BCUT2D eigenvalue weighted by atomic mass is 10.0. The number of hydrogen-bond acceptors (Lipinski definition) is 6. The van der Waals surface area contributed by atoms with Crippen molar-refractivity contribution in [3.05, 3.63) is 81.3 Å². The molecule has 10 heteroatoms. The molecule has 0 amide bonds. The largest absolute Gasteiger partial charge is 0.858 e. The topological polar surface area (TPSA) is 106 Å². The summed E-state index contributed by atoms with van der Waals surface area (Å²) in [4.78, 5) is 21.6. The molecule has 6 rings (SSSR count). The van der Waals surface area contributed by atoms with E-state index in [2.05, 4.69) is 55.9 Å². The van der Waals surface area contributed by atoms with E-state index in [1.165, 1.54) is 20.3 Å². The van der Waals surface area contributed by atoms with Crippen LogP contribution < -0.4 is 10.8 Å². The van der Waals surface area contributed by atoms with Crippen LogP contribution >= 0.6 is 11.6 Å². The number of hydrogen-bond donors (Lipinski definition) is 0. The molecule has 4 heterocycles. The molecule has 0 atom stereocenters. The zero-order valence-electron chi connectivity index (χ0n) is 21.1. The second-order valence-corrected chi connectivity index (χ2v) is 9.94. The van der Waals surface area contributed by atoms with Gasteiger partial charge in [0.1, 0.15) is 11.5 Å². The van der Waals surface area contributed by atoms with Gasteiger partial charge in [-0.2, -0.15) is 4.98 Å². The monoisotopic (exact) mass is 528 g/mol. The molecule has 0 saturated heterocycles. The Morgan fingerprint density at radius 3 is 2.50 bits per heavy atom. The van der Waals surface area contributed by atoms with Gasteiger partial charge in [-0.15, -0.1) is 10.2 Å². The molecular formula is C28H27ClN7O2-. The van der Waals surface area contributed by atoms with Gasteiger partial charge in [0.05, 0.1) is 5.69 Å². The Labute approximate surface area is 224 Å². The van der Waals surface area contributed by atoms with Crippen LogP contribution in [0.2, 0.25) is 5.28 Å². The number of unbranched alkanes of at least 4 members (excludes halogenated alkanes) is 2. The Kier molecular flexibility index (Phi) is 6.45. The highest BCUT2D eigenvalue weighted by Crippen LogP contribution is 2.34. The van der Waals surface area contributed by atoms with Gasteiger partial charge in [0.15, 0.2) is 11.6 Å². The molecule has 0 unspecified atom stereocenters. The van der Waals surface area contributed by atoms with Crippen LogP contribution in [0.4, 0.5) is 0 Å². The number of aromatic nitrogens is 7. The van der Waals surface area contributed by atoms with Gasteiger partial charge in [-0.05, 0) is 47.5 Å². The van der Waals surface area contributed by atoms with Crippen molar-refractivity contribution in [3.63, 3.8) is 0 Å². The normalized spacial score (nSPS) is 12.3. The third kappa shape index (κ3) is 4.16. The molecule has 3 aromatic rings. The van der Waals surface area contributed by atoms with Crippen molar-refractivity contribution in [2.24, 2.45) is 0 Å². The fourth-order valence-electron chi connectivity index (χ4n) is 5.29. The van der Waals surface area contributed by atoms with Crippen LogP contribution in [0.3, 0.4) is 0 Å². The van der Waals surface area contributed by atoms with E-state index in [-0.39, 0.29) is 29.0 Å². The zero-order valence-corrected chi connectivity index (χ0v) is 21.9. The summed E-state index contributed by atoms with van der Waals surface area (Å²) < 4.78 is 4.89. The Morgan fingerprint density at radius 2 is 1.66 bits per heavy atom. The van der Waals surface area contributed by atoms with Gasteiger partial charge in [0.2, 0.25) is 5.28 Å². The number of halogens is 1. The van der Waals surface area contributed by atoms with Crippen LogP contribution in [0, 0.1) is 0 Å². The predicted octanol–water partition coefficient (Wildman–Crippen LogP) is 4.25. The Balaban J connectivity index is 1.33. The number of benzene rings is 2. The van der Waals surface area contributed by atoms with Crippen LogP contribution in [0.25, 0.3) is 28.6 Å². The van der Waals surface area contributed by atoms with E-state index in [1.54, 1.807) is 0 Å². The fourth-order valence-corrected chi connectivity index (χ4v) is 5.45. The number of para-hydroxylation sites is 1. The highest BCUT2D eigenvalue weighted by Gasteiger charge is 2.24. The van der Waals surface area contributed by atoms with E-state index >= 15 is 0 Å². The minimum atomic E-state index is -0.463. The predicted molar refractivity (Wildman–Crippen MR) is 143 cm³/mol. The first kappa shape index (κ1) is 24.4. The highest BCUT2D eigenvalue weighted by molar-refractivity contribution is 6.28. The molecule has 194 valence electrons. The molecule has 0 radical (unpaired) electrons. The third-order valence-corrected chi connectivity index (χ3v) is 7.32. The van der Waals surface area contributed by atoms with Crippen molar-refractivity contribution in [2.75, 3.05) is 0 Å². The van der Waals surface area contributed by atoms with E-state index in [4.69, 9.17) is 11.6 Å². The first-order chi connectivity index (χ1) is 18.6. The smallest absolute Gasteiger partial charge is 0.329 e. The van der Waals surface area contributed by atoms with Gasteiger partial charge < -0.3 is 9.67 Å². The molecule has 38 heavy (non-hydrogen) atoms. The molecule has 0 N–H and O–H groups in total. The van der Waals surface area contributed by atoms with Crippen molar-refractivity contribution >= 4 is 11.6 Å². The molecule has 0 aliphatic carbocycles. The molecule has 3 aliphatic rings. The zero-order chi connectivity index (χ0) is 26.2. The SMILES string of the molecule is CCCCCn1c2nc(Cl)nc-2c([O-])n(CCCc2nnc3n2-c2ccccc2Cc2ccccc2-3)c1=O. The third-order valence-electron chi connectivity index (χ3n) is 7.15. The standard InChI is InChI=1S/C28H28ClN7O2/c1-2-3-8-15-34-25-23(30-27(29)31-25)26(37)35(28(34)38)16-9-14-22-32-33-24-20-12-6-4-10-18(20)17-19-11-5-7-13-21(19)36(22)24/h4-7,10-13,37H,2-3,8-9,14-17H2,1H3/p-1. The summed E-state index contributed by atoms with van der Waals surface area (Å²) in [6.07, 6.45) is 4.67. The van der Waals surface area contributed by atoms with E-state index in [9.17, 15) is 9.90 Å². The minimum Gasteiger partial charge on any atom is -0.858 e. The highest BCUT2D eigenvalue weighted by atomic mass is 35.5. The van der Waals surface area contributed by atoms with Gasteiger partial charge in [-0.3, -0.25) is 9.13 Å². The van der Waals surface area contributed by atoms with E-state index in [0.29, 0.717) is 19.4 Å². The maximum atomic E-state index is 13.4. The molecule has 0 spiro atoms. The van der Waals surface area contributed by atoms with Crippen LogP contribution in [0.5, 0.6) is 5.88 Å². The summed E-state index contributed by atoms with van der Waals surface area (Å²) in [6.45, 7) is 2.79. The minimum absolute atomic E-state index is 0.0245. The molecule has 9 nitrogen and oxygen atoms in total. The number of rotatable bonds is 8. The Bertz CT molecular complexity index is 1650. The second-order valence-electron chi connectivity index (χ2n) is 9.60. The van der Waals surface area contributed by atoms with Gasteiger partial charge in [0.25, 0.3) is 0 Å².